The van der Waals surface area contributed by atoms with Crippen LogP contribution in [-0.4, -0.2) is 23.6 Å². The van der Waals surface area contributed by atoms with Crippen LogP contribution in [0.3, 0.4) is 0 Å². The van der Waals surface area contributed by atoms with Crippen molar-refractivity contribution in [3.63, 3.8) is 0 Å². The van der Waals surface area contributed by atoms with Crippen molar-refractivity contribution in [3.8, 4) is 0 Å². The maximum absolute atomic E-state index is 4.98. The molecule has 0 unspecified atom stereocenters. The van der Waals surface area contributed by atoms with Gasteiger partial charge in [-0.3, -0.25) is 0 Å². The van der Waals surface area contributed by atoms with Gasteiger partial charge in [0.2, 0.25) is 0 Å². The van der Waals surface area contributed by atoms with E-state index in [0.717, 1.165) is 19.1 Å². The van der Waals surface area contributed by atoms with Gasteiger partial charge in [-0.05, 0) is 33.6 Å². The first-order valence-electron chi connectivity index (χ1n) is 7.83. The Morgan fingerprint density at radius 2 is 2.00 bits per heavy atom. The second-order valence-electron chi connectivity index (χ2n) is 7.05. The van der Waals surface area contributed by atoms with E-state index in [4.69, 9.17) is 4.98 Å². The van der Waals surface area contributed by atoms with Crippen LogP contribution in [0.15, 0.2) is 0 Å². The van der Waals surface area contributed by atoms with E-state index >= 15 is 0 Å². The van der Waals surface area contributed by atoms with E-state index in [2.05, 4.69) is 51.8 Å². The van der Waals surface area contributed by atoms with Crippen molar-refractivity contribution in [3.05, 3.63) is 10.6 Å². The van der Waals surface area contributed by atoms with Crippen molar-refractivity contribution in [1.82, 2.24) is 10.3 Å². The second-order valence-corrected chi connectivity index (χ2v) is 8.12. The van der Waals surface area contributed by atoms with E-state index in [-0.39, 0.29) is 5.41 Å². The summed E-state index contributed by atoms with van der Waals surface area (Å²) in [5, 5.41) is 4.82. The second kappa shape index (κ2) is 6.02. The van der Waals surface area contributed by atoms with Gasteiger partial charge in [0.25, 0.3) is 0 Å². The Bertz CT molecular complexity index is 441. The summed E-state index contributed by atoms with van der Waals surface area (Å²) in [6.45, 7) is 15.5. The molecule has 1 aromatic rings. The van der Waals surface area contributed by atoms with Gasteiger partial charge < -0.3 is 10.2 Å². The van der Waals surface area contributed by atoms with Gasteiger partial charge in [0.15, 0.2) is 5.13 Å². The van der Waals surface area contributed by atoms with Crippen LogP contribution in [0.5, 0.6) is 0 Å². The van der Waals surface area contributed by atoms with Gasteiger partial charge in [-0.15, -0.1) is 11.3 Å². The molecular formula is C16H29N3S. The Labute approximate surface area is 127 Å². The van der Waals surface area contributed by atoms with Crippen LogP contribution in [0, 0.1) is 0 Å². The van der Waals surface area contributed by atoms with Gasteiger partial charge >= 0.3 is 0 Å². The molecule has 1 aliphatic carbocycles. The topological polar surface area (TPSA) is 28.2 Å². The number of aromatic nitrogens is 1. The molecule has 0 saturated heterocycles. The molecule has 1 heterocycles. The first-order valence-corrected chi connectivity index (χ1v) is 8.64. The third kappa shape index (κ3) is 3.73. The predicted molar refractivity (Wildman–Crippen MR) is 88.8 cm³/mol. The zero-order valence-corrected chi connectivity index (χ0v) is 14.6. The predicted octanol–water partition coefficient (Wildman–Crippen LogP) is 3.93. The number of rotatable bonds is 6. The number of nitrogens with zero attached hydrogens (tertiary/aromatic N) is 2. The smallest absolute Gasteiger partial charge is 0.186 e. The lowest BCUT2D eigenvalue weighted by atomic mass is 9.91. The average molecular weight is 295 g/mol. The molecule has 1 saturated carbocycles. The lowest BCUT2D eigenvalue weighted by Gasteiger charge is -2.24. The quantitative estimate of drug-likeness (QED) is 0.862. The highest BCUT2D eigenvalue weighted by atomic mass is 32.1. The van der Waals surface area contributed by atoms with E-state index in [1.807, 2.05) is 11.3 Å². The maximum Gasteiger partial charge on any atom is 0.186 e. The zero-order chi connectivity index (χ0) is 14.9. The summed E-state index contributed by atoms with van der Waals surface area (Å²) >= 11 is 1.87. The number of anilines is 1. The molecule has 0 aliphatic heterocycles. The van der Waals surface area contributed by atoms with E-state index in [9.17, 15) is 0 Å². The molecule has 1 fully saturated rings. The first kappa shape index (κ1) is 15.8. The molecule has 0 radical (unpaired) electrons. The SMILES string of the molecule is CCN(c1nc(C(C)(C)C)c(CNC2CC2)s1)C(C)C. The van der Waals surface area contributed by atoms with Crippen LogP contribution in [0.25, 0.3) is 0 Å². The van der Waals surface area contributed by atoms with Crippen molar-refractivity contribution in [1.29, 1.82) is 0 Å². The molecule has 0 spiro atoms. The van der Waals surface area contributed by atoms with Crippen LogP contribution in [0.1, 0.15) is 65.0 Å². The molecule has 4 heteroatoms. The molecule has 1 N–H and O–H groups in total. The van der Waals surface area contributed by atoms with Crippen molar-refractivity contribution in [2.45, 2.75) is 78.4 Å². The number of hydrogen-bond acceptors (Lipinski definition) is 4. The highest BCUT2D eigenvalue weighted by Gasteiger charge is 2.27. The summed E-state index contributed by atoms with van der Waals surface area (Å²) in [5.74, 6) is 0. The third-order valence-electron chi connectivity index (χ3n) is 3.73. The van der Waals surface area contributed by atoms with Gasteiger partial charge in [-0.25, -0.2) is 4.98 Å². The molecule has 1 aromatic heterocycles. The monoisotopic (exact) mass is 295 g/mol. The highest BCUT2D eigenvalue weighted by Crippen LogP contribution is 2.35. The summed E-state index contributed by atoms with van der Waals surface area (Å²) in [4.78, 5) is 8.78. The molecule has 1 aliphatic rings. The van der Waals surface area contributed by atoms with Crippen molar-refractivity contribution in [2.75, 3.05) is 11.4 Å². The van der Waals surface area contributed by atoms with Gasteiger partial charge in [0.05, 0.1) is 5.69 Å². The number of thiazole rings is 1. The van der Waals surface area contributed by atoms with Gasteiger partial charge in [-0.1, -0.05) is 20.8 Å². The normalized spacial score (nSPS) is 15.9. The number of hydrogen-bond donors (Lipinski definition) is 1. The first-order chi connectivity index (χ1) is 9.32. The Balaban J connectivity index is 2.25. The minimum Gasteiger partial charge on any atom is -0.346 e. The Hall–Kier alpha value is -0.610. The molecule has 20 heavy (non-hydrogen) atoms. The fourth-order valence-electron chi connectivity index (χ4n) is 2.41. The largest absolute Gasteiger partial charge is 0.346 e. The summed E-state index contributed by atoms with van der Waals surface area (Å²) in [6.07, 6.45) is 2.67. The van der Waals surface area contributed by atoms with E-state index in [1.54, 1.807) is 0 Å². The molecule has 114 valence electrons. The van der Waals surface area contributed by atoms with E-state index in [1.165, 1.54) is 28.5 Å². The number of nitrogens with one attached hydrogen (secondary N) is 1. The van der Waals surface area contributed by atoms with Crippen LogP contribution >= 0.6 is 11.3 Å². The van der Waals surface area contributed by atoms with Crippen LogP contribution in [0.4, 0.5) is 5.13 Å². The van der Waals surface area contributed by atoms with Gasteiger partial charge in [0.1, 0.15) is 0 Å². The molecule has 2 rings (SSSR count). The molecule has 0 aromatic carbocycles. The fourth-order valence-corrected chi connectivity index (χ4v) is 3.83. The van der Waals surface area contributed by atoms with Crippen molar-refractivity contribution in [2.24, 2.45) is 0 Å². The Kier molecular flexibility index (Phi) is 4.75. The lowest BCUT2D eigenvalue weighted by Crippen LogP contribution is -2.30. The minimum absolute atomic E-state index is 0.117. The Morgan fingerprint density at radius 1 is 1.35 bits per heavy atom. The van der Waals surface area contributed by atoms with Crippen molar-refractivity contribution >= 4 is 16.5 Å². The summed E-state index contributed by atoms with van der Waals surface area (Å²) in [6, 6.07) is 1.25. The fraction of sp³-hybridized carbons (Fsp3) is 0.812. The van der Waals surface area contributed by atoms with Crippen LogP contribution in [0.2, 0.25) is 0 Å². The van der Waals surface area contributed by atoms with Crippen LogP contribution in [-0.2, 0) is 12.0 Å². The summed E-state index contributed by atoms with van der Waals surface area (Å²) in [5.41, 5.74) is 1.39. The standard InChI is InChI=1S/C16H29N3S/c1-7-19(11(2)3)15-18-14(16(4,5)6)13(20-15)10-17-12-8-9-12/h11-12,17H,7-10H2,1-6H3. The molecule has 0 amide bonds. The van der Waals surface area contributed by atoms with Crippen LogP contribution < -0.4 is 10.2 Å². The zero-order valence-electron chi connectivity index (χ0n) is 13.8. The Morgan fingerprint density at radius 3 is 2.45 bits per heavy atom. The van der Waals surface area contributed by atoms with Crippen molar-refractivity contribution < 1.29 is 0 Å². The average Bonchev–Trinajstić information content (AvgIpc) is 3.06. The third-order valence-corrected chi connectivity index (χ3v) is 4.83. The lowest BCUT2D eigenvalue weighted by molar-refractivity contribution is 0.557. The summed E-state index contributed by atoms with van der Waals surface area (Å²) < 4.78 is 0. The highest BCUT2D eigenvalue weighted by molar-refractivity contribution is 7.15. The maximum atomic E-state index is 4.98. The van der Waals surface area contributed by atoms with E-state index < -0.39 is 0 Å². The molecule has 0 atom stereocenters. The molecule has 3 nitrogen and oxygen atoms in total. The van der Waals surface area contributed by atoms with Gasteiger partial charge in [0, 0.05) is 35.5 Å². The molecular weight excluding hydrogens is 266 g/mol. The summed E-state index contributed by atoms with van der Waals surface area (Å²) in [7, 11) is 0. The van der Waals surface area contributed by atoms with E-state index in [0.29, 0.717) is 6.04 Å². The molecule has 0 bridgehead atoms. The minimum atomic E-state index is 0.117. The van der Waals surface area contributed by atoms with Gasteiger partial charge in [-0.2, -0.15) is 0 Å².